The maximum Gasteiger partial charge on any atom is 0.416 e. The maximum atomic E-state index is 12.7. The molecule has 26 heavy (non-hydrogen) atoms. The van der Waals surface area contributed by atoms with Crippen LogP contribution in [0, 0.1) is 5.92 Å². The summed E-state index contributed by atoms with van der Waals surface area (Å²) in [5.41, 5.74) is 0.998. The Morgan fingerprint density at radius 3 is 2.19 bits per heavy atom. The molecular weight excluding hydrogens is 367 g/mol. The number of alkyl halides is 3. The topological polar surface area (TPSA) is 40.5 Å². The van der Waals surface area contributed by atoms with Crippen LogP contribution >= 0.6 is 12.4 Å². The van der Waals surface area contributed by atoms with E-state index in [1.807, 2.05) is 35.2 Å². The minimum absolute atomic E-state index is 0. The zero-order valence-electron chi connectivity index (χ0n) is 13.8. The van der Waals surface area contributed by atoms with Crippen LogP contribution in [-0.4, -0.2) is 29.1 Å². The predicted octanol–water partition coefficient (Wildman–Crippen LogP) is 4.43. The number of carboxylic acids is 1. The molecule has 0 bridgehead atoms. The summed E-state index contributed by atoms with van der Waals surface area (Å²) in [4.78, 5) is 13.6. The van der Waals surface area contributed by atoms with Gasteiger partial charge in [-0.25, -0.2) is 0 Å². The highest BCUT2D eigenvalue weighted by Crippen LogP contribution is 2.36. The van der Waals surface area contributed by atoms with Crippen molar-refractivity contribution < 1.29 is 23.1 Å². The van der Waals surface area contributed by atoms with Gasteiger partial charge in [0.15, 0.2) is 0 Å². The Labute approximate surface area is 155 Å². The van der Waals surface area contributed by atoms with Crippen LogP contribution in [0.4, 0.5) is 13.2 Å². The van der Waals surface area contributed by atoms with Crippen LogP contribution in [0.25, 0.3) is 0 Å². The molecule has 140 valence electrons. The van der Waals surface area contributed by atoms with Gasteiger partial charge in [0.25, 0.3) is 0 Å². The van der Waals surface area contributed by atoms with Crippen molar-refractivity contribution >= 4 is 18.4 Å². The lowest BCUT2D eigenvalue weighted by Crippen LogP contribution is -2.23. The van der Waals surface area contributed by atoms with Crippen LogP contribution in [0.2, 0.25) is 0 Å². The molecule has 1 aliphatic heterocycles. The molecule has 1 N–H and O–H groups in total. The van der Waals surface area contributed by atoms with Gasteiger partial charge in [-0.15, -0.1) is 12.4 Å². The minimum atomic E-state index is -4.39. The number of nitrogens with zero attached hydrogens (tertiary/aromatic N) is 1. The van der Waals surface area contributed by atoms with E-state index >= 15 is 0 Å². The van der Waals surface area contributed by atoms with Gasteiger partial charge in [-0.1, -0.05) is 42.5 Å². The first kappa shape index (κ1) is 20.3. The third-order valence-corrected chi connectivity index (χ3v) is 4.63. The molecule has 0 spiro atoms. The standard InChI is InChI=1S/C19H18F3NO2.ClH/c20-19(21,22)15-8-6-14(7-9-15)16-11-23(12-17(16)18(24)25)10-13-4-2-1-3-5-13;/h1-9,16-17H,10-12H2,(H,24,25);1H/t16-,17+;/m1./s1. The van der Waals surface area contributed by atoms with Gasteiger partial charge in [0.05, 0.1) is 11.5 Å². The molecule has 0 radical (unpaired) electrons. The minimum Gasteiger partial charge on any atom is -0.481 e. The SMILES string of the molecule is Cl.O=C(O)[C@H]1CN(Cc2ccccc2)C[C@@H]1c1ccc(C(F)(F)F)cc1. The van der Waals surface area contributed by atoms with Gasteiger partial charge >= 0.3 is 12.1 Å². The Kier molecular flexibility index (Phi) is 6.31. The summed E-state index contributed by atoms with van der Waals surface area (Å²) in [6.45, 7) is 1.52. The van der Waals surface area contributed by atoms with Crippen molar-refractivity contribution in [1.29, 1.82) is 0 Å². The maximum absolute atomic E-state index is 12.7. The molecule has 0 aliphatic carbocycles. The van der Waals surface area contributed by atoms with Crippen molar-refractivity contribution in [3.8, 4) is 0 Å². The van der Waals surface area contributed by atoms with Gasteiger partial charge < -0.3 is 5.11 Å². The van der Waals surface area contributed by atoms with Crippen LogP contribution in [0.3, 0.4) is 0 Å². The zero-order chi connectivity index (χ0) is 18.0. The summed E-state index contributed by atoms with van der Waals surface area (Å²) in [7, 11) is 0. The van der Waals surface area contributed by atoms with Crippen LogP contribution in [-0.2, 0) is 17.5 Å². The Balaban J connectivity index is 0.00000243. The van der Waals surface area contributed by atoms with Gasteiger partial charge in [-0.3, -0.25) is 9.69 Å². The molecule has 1 heterocycles. The quantitative estimate of drug-likeness (QED) is 0.846. The van der Waals surface area contributed by atoms with Gasteiger partial charge in [0, 0.05) is 25.6 Å². The second-order valence-electron chi connectivity index (χ2n) is 6.35. The van der Waals surface area contributed by atoms with Gasteiger partial charge in [0.2, 0.25) is 0 Å². The first-order valence-corrected chi connectivity index (χ1v) is 8.01. The molecule has 3 nitrogen and oxygen atoms in total. The number of benzene rings is 2. The molecule has 1 fully saturated rings. The van der Waals surface area contributed by atoms with E-state index in [0.29, 0.717) is 25.2 Å². The highest BCUT2D eigenvalue weighted by molar-refractivity contribution is 5.85. The van der Waals surface area contributed by atoms with E-state index in [1.54, 1.807) is 0 Å². The van der Waals surface area contributed by atoms with Crippen molar-refractivity contribution in [2.24, 2.45) is 5.92 Å². The van der Waals surface area contributed by atoms with Gasteiger partial charge in [0.1, 0.15) is 0 Å². The largest absolute Gasteiger partial charge is 0.481 e. The Morgan fingerprint density at radius 1 is 1.04 bits per heavy atom. The summed E-state index contributed by atoms with van der Waals surface area (Å²) < 4.78 is 38.1. The molecule has 0 unspecified atom stereocenters. The monoisotopic (exact) mass is 385 g/mol. The molecule has 2 aromatic carbocycles. The van der Waals surface area contributed by atoms with Crippen LogP contribution in [0.15, 0.2) is 54.6 Å². The highest BCUT2D eigenvalue weighted by Gasteiger charge is 2.39. The van der Waals surface area contributed by atoms with Crippen molar-refractivity contribution in [3.05, 3.63) is 71.3 Å². The number of likely N-dealkylation sites (tertiary alicyclic amines) is 1. The molecule has 7 heteroatoms. The van der Waals surface area contributed by atoms with E-state index in [0.717, 1.165) is 17.7 Å². The van der Waals surface area contributed by atoms with E-state index in [2.05, 4.69) is 0 Å². The number of hydrogen-bond donors (Lipinski definition) is 1. The number of halogens is 4. The van der Waals surface area contributed by atoms with E-state index in [4.69, 9.17) is 0 Å². The lowest BCUT2D eigenvalue weighted by Gasteiger charge is -2.17. The van der Waals surface area contributed by atoms with E-state index in [-0.39, 0.29) is 18.3 Å². The van der Waals surface area contributed by atoms with E-state index in [9.17, 15) is 23.1 Å². The smallest absolute Gasteiger partial charge is 0.416 e. The average Bonchev–Trinajstić information content (AvgIpc) is 2.99. The Hall–Kier alpha value is -2.05. The number of carboxylic acid groups (broad SMARTS) is 1. The first-order valence-electron chi connectivity index (χ1n) is 8.01. The lowest BCUT2D eigenvalue weighted by molar-refractivity contribution is -0.142. The number of rotatable bonds is 4. The summed E-state index contributed by atoms with van der Waals surface area (Å²) in [6.07, 6.45) is -4.39. The summed E-state index contributed by atoms with van der Waals surface area (Å²) in [5.74, 6) is -1.86. The third-order valence-electron chi connectivity index (χ3n) is 4.63. The fraction of sp³-hybridized carbons (Fsp3) is 0.316. The van der Waals surface area contributed by atoms with Crippen LogP contribution in [0.5, 0.6) is 0 Å². The van der Waals surface area contributed by atoms with Crippen molar-refractivity contribution in [2.45, 2.75) is 18.6 Å². The van der Waals surface area contributed by atoms with E-state index < -0.39 is 23.6 Å². The van der Waals surface area contributed by atoms with Gasteiger partial charge in [-0.05, 0) is 23.3 Å². The van der Waals surface area contributed by atoms with Crippen molar-refractivity contribution in [1.82, 2.24) is 4.90 Å². The van der Waals surface area contributed by atoms with Crippen molar-refractivity contribution in [2.75, 3.05) is 13.1 Å². The zero-order valence-corrected chi connectivity index (χ0v) is 14.6. The second kappa shape index (κ2) is 8.10. The fourth-order valence-corrected chi connectivity index (χ4v) is 3.36. The number of hydrogen-bond acceptors (Lipinski definition) is 2. The Bertz CT molecular complexity index is 735. The first-order chi connectivity index (χ1) is 11.8. The normalized spacial score (nSPS) is 20.6. The lowest BCUT2D eigenvalue weighted by atomic mass is 9.88. The van der Waals surface area contributed by atoms with Crippen LogP contribution < -0.4 is 0 Å². The summed E-state index contributed by atoms with van der Waals surface area (Å²) >= 11 is 0. The molecule has 2 atom stereocenters. The molecule has 0 amide bonds. The van der Waals surface area contributed by atoms with Crippen LogP contribution in [0.1, 0.15) is 22.6 Å². The predicted molar refractivity (Wildman–Crippen MR) is 94.3 cm³/mol. The molecule has 0 aromatic heterocycles. The third kappa shape index (κ3) is 4.56. The summed E-state index contributed by atoms with van der Waals surface area (Å²) in [5, 5.41) is 9.51. The second-order valence-corrected chi connectivity index (χ2v) is 6.35. The number of aliphatic carboxylic acids is 1. The van der Waals surface area contributed by atoms with Crippen molar-refractivity contribution in [3.63, 3.8) is 0 Å². The van der Waals surface area contributed by atoms with E-state index in [1.165, 1.54) is 12.1 Å². The molecule has 3 rings (SSSR count). The molecule has 1 saturated heterocycles. The average molecular weight is 386 g/mol. The molecule has 2 aromatic rings. The molecule has 0 saturated carbocycles. The summed E-state index contributed by atoms with van der Waals surface area (Å²) in [6, 6.07) is 14.6. The highest BCUT2D eigenvalue weighted by atomic mass is 35.5. The molecule has 1 aliphatic rings. The molecular formula is C19H19ClF3NO2. The fourth-order valence-electron chi connectivity index (χ4n) is 3.36. The number of carbonyl (C=O) groups is 1. The van der Waals surface area contributed by atoms with Gasteiger partial charge in [-0.2, -0.15) is 13.2 Å². The Morgan fingerprint density at radius 2 is 1.65 bits per heavy atom.